The number of benzene rings is 1. The topological polar surface area (TPSA) is 302 Å². The van der Waals surface area contributed by atoms with E-state index in [1.165, 1.54) is 30.4 Å². The summed E-state index contributed by atoms with van der Waals surface area (Å²) in [6, 6.07) is 2.86. The van der Waals surface area contributed by atoms with Gasteiger partial charge in [-0.25, -0.2) is 0 Å². The molecular formula is C36H51N3O17S. The minimum atomic E-state index is -4.66. The van der Waals surface area contributed by atoms with Crippen molar-refractivity contribution >= 4 is 45.7 Å². The van der Waals surface area contributed by atoms with Crippen molar-refractivity contribution in [2.75, 3.05) is 38.7 Å². The smallest absolute Gasteiger partial charge is 0.311 e. The minimum absolute atomic E-state index is 0.00943. The van der Waals surface area contributed by atoms with E-state index in [1.807, 2.05) is 0 Å². The van der Waals surface area contributed by atoms with Crippen molar-refractivity contribution in [3.8, 4) is 11.5 Å². The van der Waals surface area contributed by atoms with Crippen LogP contribution in [-0.4, -0.2) is 143 Å². The van der Waals surface area contributed by atoms with Crippen molar-refractivity contribution in [2.45, 2.75) is 89.9 Å². The van der Waals surface area contributed by atoms with E-state index >= 15 is 0 Å². The van der Waals surface area contributed by atoms with Crippen molar-refractivity contribution in [3.63, 3.8) is 0 Å². The molecular weight excluding hydrogens is 778 g/mol. The molecule has 1 aromatic rings. The lowest BCUT2D eigenvalue weighted by Gasteiger charge is -2.38. The van der Waals surface area contributed by atoms with Crippen molar-refractivity contribution in [2.24, 2.45) is 11.3 Å². The average Bonchev–Trinajstić information content (AvgIpc) is 3.44. The molecule has 3 rings (SSSR count). The van der Waals surface area contributed by atoms with Crippen molar-refractivity contribution in [1.29, 1.82) is 0 Å². The van der Waals surface area contributed by atoms with Gasteiger partial charge in [-0.2, -0.15) is 8.42 Å². The molecule has 1 heterocycles. The van der Waals surface area contributed by atoms with Crippen LogP contribution in [0.4, 0.5) is 0 Å². The molecule has 0 spiro atoms. The van der Waals surface area contributed by atoms with Gasteiger partial charge >= 0.3 is 11.9 Å². The predicted octanol–water partition coefficient (Wildman–Crippen LogP) is -0.920. The van der Waals surface area contributed by atoms with Gasteiger partial charge in [-0.15, -0.1) is 0 Å². The van der Waals surface area contributed by atoms with E-state index in [-0.39, 0.29) is 63.9 Å². The number of aliphatic hydroxyl groups is 3. The second-order valence-corrected chi connectivity index (χ2v) is 16.0. The molecule has 1 aliphatic heterocycles. The van der Waals surface area contributed by atoms with E-state index in [0.29, 0.717) is 24.8 Å². The normalized spacial score (nSPS) is 21.5. The molecule has 1 fully saturated rings. The Bertz CT molecular complexity index is 1730. The number of aliphatic hydroxyl groups excluding tert-OH is 3. The summed E-state index contributed by atoms with van der Waals surface area (Å²) in [7, 11) is -4.66. The molecule has 318 valence electrons. The second-order valence-electron chi connectivity index (χ2n) is 14.5. The van der Waals surface area contributed by atoms with Gasteiger partial charge in [0, 0.05) is 49.7 Å². The molecule has 0 unspecified atom stereocenters. The maximum Gasteiger partial charge on any atom is 0.311 e. The third-order valence-corrected chi connectivity index (χ3v) is 9.60. The van der Waals surface area contributed by atoms with Gasteiger partial charge in [0.25, 0.3) is 21.9 Å². The van der Waals surface area contributed by atoms with Crippen molar-refractivity contribution < 1.29 is 81.1 Å². The molecule has 0 radical (unpaired) electrons. The minimum Gasteiger partial charge on any atom is -0.491 e. The molecule has 21 heteroatoms. The zero-order valence-corrected chi connectivity index (χ0v) is 32.6. The van der Waals surface area contributed by atoms with E-state index in [4.69, 9.17) is 18.9 Å². The molecule has 20 nitrogen and oxygen atoms in total. The van der Waals surface area contributed by atoms with Gasteiger partial charge in [0.15, 0.2) is 0 Å². The van der Waals surface area contributed by atoms with Crippen molar-refractivity contribution in [1.82, 2.24) is 15.5 Å². The van der Waals surface area contributed by atoms with Crippen LogP contribution >= 0.6 is 0 Å². The van der Waals surface area contributed by atoms with E-state index < -0.39 is 93.2 Å². The van der Waals surface area contributed by atoms with Gasteiger partial charge < -0.3 is 50.0 Å². The summed E-state index contributed by atoms with van der Waals surface area (Å²) < 4.78 is 54.9. The number of amides is 4. The summed E-state index contributed by atoms with van der Waals surface area (Å²) in [6.07, 6.45) is -3.33. The Balaban J connectivity index is 1.48. The molecule has 4 amide bonds. The SMILES string of the molecule is CC(C)(C)C(=O)OCc1ccc(OCCOCCNC(=O)[C@H](CS(=O)(=O)O)NC(=O)CCCCCN2C(=O)C=CC2=O)cc1O[C@@H]1C[C@H](C(=O)O)[C@@H](O)[C@H](O)[C@H]1O. The van der Waals surface area contributed by atoms with Crippen molar-refractivity contribution in [3.05, 3.63) is 35.9 Å². The fourth-order valence-corrected chi connectivity index (χ4v) is 6.32. The average molecular weight is 830 g/mol. The summed E-state index contributed by atoms with van der Waals surface area (Å²) in [5.41, 5.74) is -0.486. The van der Waals surface area contributed by atoms with Crippen LogP contribution in [-0.2, 0) is 55.0 Å². The molecule has 1 saturated carbocycles. The lowest BCUT2D eigenvalue weighted by molar-refractivity contribution is -0.175. The van der Waals surface area contributed by atoms with Crippen LogP contribution in [0.25, 0.3) is 0 Å². The Kier molecular flexibility index (Phi) is 17.4. The molecule has 0 bridgehead atoms. The number of ether oxygens (including phenoxy) is 4. The van der Waals surface area contributed by atoms with E-state index in [1.54, 1.807) is 20.8 Å². The zero-order valence-electron chi connectivity index (χ0n) is 31.8. The predicted molar refractivity (Wildman–Crippen MR) is 196 cm³/mol. The number of carbonyl (C=O) groups excluding carboxylic acids is 5. The van der Waals surface area contributed by atoms with Gasteiger partial charge in [0.2, 0.25) is 11.8 Å². The van der Waals surface area contributed by atoms with Crippen LogP contribution in [0.1, 0.15) is 58.4 Å². The first-order valence-corrected chi connectivity index (χ1v) is 19.8. The standard InChI is InChI=1S/C36H51N3O17S/c1-36(2,3)35(49)55-19-21-8-9-22(17-25(21)56-26-18-23(34(47)48)30(43)32(45)31(26)44)54-16-15-53-14-12-37-33(46)24(20-57(50,51)52)38-27(40)7-5-4-6-13-39-28(41)10-11-29(39)42/h8-11,17,23-24,26,30-32,43-45H,4-7,12-16,18-20H2,1-3H3,(H,37,46)(H,38,40)(H,47,48)(H,50,51,52)/t23-,24-,26+,30+,31-,32-/m0/s1. The number of aliphatic carboxylic acids is 1. The number of rotatable bonds is 22. The monoisotopic (exact) mass is 829 g/mol. The number of nitrogens with zero attached hydrogens (tertiary/aromatic N) is 1. The number of unbranched alkanes of at least 4 members (excludes halogenated alkanes) is 2. The number of esters is 1. The van der Waals surface area contributed by atoms with Gasteiger partial charge in [-0.3, -0.25) is 38.2 Å². The second kappa shape index (κ2) is 21.2. The van der Waals surface area contributed by atoms with E-state index in [2.05, 4.69) is 10.6 Å². The Labute approximate surface area is 329 Å². The lowest BCUT2D eigenvalue weighted by Crippen LogP contribution is -2.57. The maximum absolute atomic E-state index is 12.7. The summed E-state index contributed by atoms with van der Waals surface area (Å²) in [5, 5.41) is 45.2. The fourth-order valence-electron chi connectivity index (χ4n) is 5.66. The number of hydrogen-bond acceptors (Lipinski definition) is 15. The van der Waals surface area contributed by atoms with Crippen LogP contribution in [0.3, 0.4) is 0 Å². The molecule has 0 saturated heterocycles. The number of carboxylic acid groups (broad SMARTS) is 1. The summed E-state index contributed by atoms with van der Waals surface area (Å²) in [6.45, 7) is 4.70. The third-order valence-electron chi connectivity index (χ3n) is 8.84. The number of nitrogens with one attached hydrogen (secondary N) is 2. The number of imide groups is 1. The molecule has 2 aliphatic rings. The van der Waals surface area contributed by atoms with Gasteiger partial charge in [-0.1, -0.05) is 6.42 Å². The van der Waals surface area contributed by atoms with Crippen LogP contribution in [0.15, 0.2) is 30.4 Å². The fraction of sp³-hybridized carbons (Fsp3) is 0.611. The molecule has 1 aliphatic carbocycles. The summed E-state index contributed by atoms with van der Waals surface area (Å²) >= 11 is 0. The number of carbonyl (C=O) groups is 6. The molecule has 0 aromatic heterocycles. The Morgan fingerprint density at radius 3 is 2.26 bits per heavy atom. The quantitative estimate of drug-likeness (QED) is 0.0322. The highest BCUT2D eigenvalue weighted by atomic mass is 32.2. The number of carboxylic acids is 1. The molecule has 57 heavy (non-hydrogen) atoms. The summed E-state index contributed by atoms with van der Waals surface area (Å²) in [5.74, 6) is -6.51. The van der Waals surface area contributed by atoms with Gasteiger partial charge in [0.05, 0.1) is 30.7 Å². The van der Waals surface area contributed by atoms with Gasteiger partial charge in [-0.05, 0) is 45.7 Å². The van der Waals surface area contributed by atoms with Crippen LogP contribution < -0.4 is 20.1 Å². The largest absolute Gasteiger partial charge is 0.491 e. The number of hydrogen-bond donors (Lipinski definition) is 7. The van der Waals surface area contributed by atoms with Crippen LogP contribution in [0.5, 0.6) is 11.5 Å². The van der Waals surface area contributed by atoms with E-state index in [9.17, 15) is 62.2 Å². The highest BCUT2D eigenvalue weighted by Crippen LogP contribution is 2.33. The highest BCUT2D eigenvalue weighted by molar-refractivity contribution is 7.85. The third kappa shape index (κ3) is 15.0. The van der Waals surface area contributed by atoms with E-state index in [0.717, 1.165) is 4.90 Å². The molecule has 1 aromatic carbocycles. The lowest BCUT2D eigenvalue weighted by atomic mass is 9.80. The van der Waals surface area contributed by atoms with Crippen LogP contribution in [0, 0.1) is 11.3 Å². The Morgan fingerprint density at radius 2 is 1.63 bits per heavy atom. The Morgan fingerprint density at radius 1 is 0.947 bits per heavy atom. The first-order valence-electron chi connectivity index (χ1n) is 18.2. The van der Waals surface area contributed by atoms with Gasteiger partial charge in [0.1, 0.15) is 54.8 Å². The maximum atomic E-state index is 12.7. The van der Waals surface area contributed by atoms with Crippen LogP contribution in [0.2, 0.25) is 0 Å². The first kappa shape index (κ1) is 46.7. The zero-order chi connectivity index (χ0) is 42.5. The molecule has 6 atom stereocenters. The molecule has 7 N–H and O–H groups in total. The first-order chi connectivity index (χ1) is 26.7. The summed E-state index contributed by atoms with van der Waals surface area (Å²) in [4.78, 5) is 73.5. The Hall–Kier alpha value is -4.67. The highest BCUT2D eigenvalue weighted by Gasteiger charge is 2.47.